The maximum absolute atomic E-state index is 13.1. The Morgan fingerprint density at radius 2 is 1.83 bits per heavy atom. The lowest BCUT2D eigenvalue weighted by atomic mass is 9.85. The Hall–Kier alpha value is -3.63. The minimum atomic E-state index is -0.247. The van der Waals surface area contributed by atoms with E-state index in [0.717, 1.165) is 66.3 Å². The quantitative estimate of drug-likeness (QED) is 0.299. The lowest BCUT2D eigenvalue weighted by molar-refractivity contribution is 0.170. The van der Waals surface area contributed by atoms with Crippen molar-refractivity contribution >= 4 is 29.9 Å². The van der Waals surface area contributed by atoms with E-state index in [1.807, 2.05) is 43.6 Å². The van der Waals surface area contributed by atoms with Crippen LogP contribution in [-0.4, -0.2) is 48.9 Å². The summed E-state index contributed by atoms with van der Waals surface area (Å²) < 4.78 is 10.4. The molecule has 0 radical (unpaired) electrons. The number of rotatable bonds is 5. The Balaban J connectivity index is 0.00000353. The van der Waals surface area contributed by atoms with Crippen LogP contribution in [0.3, 0.4) is 0 Å². The normalized spacial score (nSPS) is 22.4. The summed E-state index contributed by atoms with van der Waals surface area (Å²) in [5.41, 5.74) is 3.66. The van der Waals surface area contributed by atoms with Gasteiger partial charge in [-0.2, -0.15) is 5.10 Å². The number of pyridine rings is 1. The van der Waals surface area contributed by atoms with Gasteiger partial charge in [0, 0.05) is 18.5 Å². The predicted octanol–water partition coefficient (Wildman–Crippen LogP) is 5.90. The number of nitrogens with zero attached hydrogens (tertiary/aromatic N) is 6. The number of hydrogen-bond donors (Lipinski definition) is 2. The third kappa shape index (κ3) is 5.45. The molecule has 6 rings (SSSR count). The Morgan fingerprint density at radius 3 is 2.52 bits per heavy atom. The molecule has 1 aromatic carbocycles. The van der Waals surface area contributed by atoms with Gasteiger partial charge in [0.15, 0.2) is 11.5 Å². The second-order valence-corrected chi connectivity index (χ2v) is 12.7. The number of fused-ring (bicyclic) bond motifs is 2. The number of carbonyl (C=O) groups is 1. The summed E-state index contributed by atoms with van der Waals surface area (Å²) in [4.78, 5) is 15.4. The monoisotopic (exact) mass is 592 g/mol. The van der Waals surface area contributed by atoms with Crippen LogP contribution in [0, 0.1) is 0 Å². The fourth-order valence-electron chi connectivity index (χ4n) is 6.14. The summed E-state index contributed by atoms with van der Waals surface area (Å²) in [6, 6.07) is 13.7. The summed E-state index contributed by atoms with van der Waals surface area (Å²) in [6.07, 6.45) is 5.62. The molecule has 0 spiro atoms. The van der Waals surface area contributed by atoms with Crippen molar-refractivity contribution in [3.63, 3.8) is 0 Å². The van der Waals surface area contributed by atoms with Crippen molar-refractivity contribution in [3.8, 4) is 5.75 Å². The van der Waals surface area contributed by atoms with E-state index in [0.29, 0.717) is 5.82 Å². The van der Waals surface area contributed by atoms with Gasteiger partial charge in [0.05, 0.1) is 23.5 Å². The second-order valence-electron chi connectivity index (χ2n) is 12.7. The van der Waals surface area contributed by atoms with Gasteiger partial charge in [0.1, 0.15) is 17.7 Å². The number of carbonyl (C=O) groups excluding carboxylic acids is 1. The van der Waals surface area contributed by atoms with Crippen LogP contribution in [0.5, 0.6) is 5.75 Å². The average molecular weight is 593 g/mol. The van der Waals surface area contributed by atoms with Crippen LogP contribution >= 0.6 is 12.4 Å². The maximum Gasteiger partial charge on any atom is 0.320 e. The number of nitrogens with one attached hydrogen (secondary N) is 2. The first kappa shape index (κ1) is 29.8. The van der Waals surface area contributed by atoms with Gasteiger partial charge in [-0.1, -0.05) is 45.0 Å². The lowest BCUT2D eigenvalue weighted by Crippen LogP contribution is -2.37. The number of hydrogen-bond acceptors (Lipinski definition) is 6. The molecule has 3 aromatic heterocycles. The Labute approximate surface area is 253 Å². The molecule has 224 valence electrons. The fraction of sp³-hybridized carbons (Fsp3) is 0.484. The average Bonchev–Trinajstić information content (AvgIpc) is 3.62. The Kier molecular flexibility index (Phi) is 7.98. The minimum Gasteiger partial charge on any atom is -0.484 e. The van der Waals surface area contributed by atoms with Crippen LogP contribution in [0.1, 0.15) is 88.2 Å². The first-order valence-electron chi connectivity index (χ1n) is 14.5. The molecule has 0 bridgehead atoms. The zero-order valence-electron chi connectivity index (χ0n) is 25.2. The molecular weight excluding hydrogens is 552 g/mol. The maximum atomic E-state index is 13.1. The molecule has 1 aliphatic heterocycles. The summed E-state index contributed by atoms with van der Waals surface area (Å²) in [5, 5.41) is 19.7. The first-order chi connectivity index (χ1) is 19.5. The van der Waals surface area contributed by atoms with Crippen LogP contribution in [0.25, 0.3) is 5.65 Å². The van der Waals surface area contributed by atoms with Crippen LogP contribution in [0.4, 0.5) is 10.6 Å². The van der Waals surface area contributed by atoms with Gasteiger partial charge in [-0.25, -0.2) is 4.79 Å². The van der Waals surface area contributed by atoms with Crippen molar-refractivity contribution in [2.75, 3.05) is 18.9 Å². The Bertz CT molecular complexity index is 1590. The van der Waals surface area contributed by atoms with E-state index >= 15 is 0 Å². The number of aromatic nitrogens is 5. The molecule has 2 aliphatic rings. The molecule has 1 fully saturated rings. The smallest absolute Gasteiger partial charge is 0.320 e. The van der Waals surface area contributed by atoms with Crippen molar-refractivity contribution in [2.24, 2.45) is 7.05 Å². The number of ether oxygens (including phenoxy) is 1. The highest BCUT2D eigenvalue weighted by atomic mass is 35.5. The SMILES string of the molecule is CN1CCC[C@@]1(C)c1nnc2ccc(O[C@@H]3CC[C@H](NC(=O)Nc4cc(C(C)(C)C)nn4C)c4ccccc43)cn12.Cl. The second kappa shape index (κ2) is 11.2. The summed E-state index contributed by atoms with van der Waals surface area (Å²) in [7, 11) is 3.99. The van der Waals surface area contributed by atoms with E-state index in [1.54, 1.807) is 4.68 Å². The molecular formula is C31H41ClN8O2. The van der Waals surface area contributed by atoms with Gasteiger partial charge in [-0.05, 0) is 69.5 Å². The van der Waals surface area contributed by atoms with Crippen molar-refractivity contribution in [3.05, 3.63) is 71.3 Å². The van der Waals surface area contributed by atoms with Crippen molar-refractivity contribution in [2.45, 2.75) is 76.5 Å². The number of likely N-dealkylation sites (tertiary alicyclic amines) is 1. The standard InChI is InChI=1S/C31H40N8O2.ClH/c1-30(2,3)25-18-27(38(6)36-25)33-29(40)32-23-13-14-24(22-11-8-7-10-21(22)23)41-20-12-15-26-34-35-28(39(26)19-20)31(4)16-9-17-37(31)5;/h7-8,10-12,15,18-19,23-24H,9,13-14,16-17H2,1-6H3,(H2,32,33,40);1H/t23-,24+,31-;/m0./s1. The van der Waals surface area contributed by atoms with E-state index < -0.39 is 0 Å². The van der Waals surface area contributed by atoms with Gasteiger partial charge < -0.3 is 10.1 Å². The molecule has 1 aliphatic carbocycles. The number of halogens is 1. The molecule has 0 unspecified atom stereocenters. The highest BCUT2D eigenvalue weighted by Gasteiger charge is 2.40. The summed E-state index contributed by atoms with van der Waals surface area (Å²) in [6.45, 7) is 9.60. The number of benzene rings is 1. The van der Waals surface area contributed by atoms with Crippen LogP contribution in [-0.2, 0) is 18.0 Å². The van der Waals surface area contributed by atoms with Crippen LogP contribution in [0.15, 0.2) is 48.7 Å². The van der Waals surface area contributed by atoms with Crippen LogP contribution in [0.2, 0.25) is 0 Å². The van der Waals surface area contributed by atoms with E-state index in [2.05, 4.69) is 82.1 Å². The summed E-state index contributed by atoms with van der Waals surface area (Å²) in [5.74, 6) is 2.39. The van der Waals surface area contributed by atoms with Gasteiger partial charge >= 0.3 is 6.03 Å². The Morgan fingerprint density at radius 1 is 1.07 bits per heavy atom. The van der Waals surface area contributed by atoms with Gasteiger partial charge in [-0.15, -0.1) is 22.6 Å². The van der Waals surface area contributed by atoms with Crippen molar-refractivity contribution in [1.29, 1.82) is 0 Å². The molecule has 0 saturated carbocycles. The van der Waals surface area contributed by atoms with Gasteiger partial charge in [-0.3, -0.25) is 19.3 Å². The van der Waals surface area contributed by atoms with E-state index in [9.17, 15) is 4.79 Å². The molecule has 42 heavy (non-hydrogen) atoms. The van der Waals surface area contributed by atoms with Crippen molar-refractivity contribution < 1.29 is 9.53 Å². The lowest BCUT2D eigenvalue weighted by Gasteiger charge is -2.32. The first-order valence-corrected chi connectivity index (χ1v) is 14.5. The zero-order valence-corrected chi connectivity index (χ0v) is 26.0. The molecule has 11 heteroatoms. The predicted molar refractivity (Wildman–Crippen MR) is 165 cm³/mol. The zero-order chi connectivity index (χ0) is 28.9. The van der Waals surface area contributed by atoms with Crippen molar-refractivity contribution in [1.82, 2.24) is 34.6 Å². The molecule has 2 N–H and O–H groups in total. The number of aryl methyl sites for hydroxylation is 1. The number of amides is 2. The third-order valence-corrected chi connectivity index (χ3v) is 8.77. The van der Waals surface area contributed by atoms with Crippen LogP contribution < -0.4 is 15.4 Å². The van der Waals surface area contributed by atoms with E-state index in [4.69, 9.17) is 4.74 Å². The number of anilines is 1. The van der Waals surface area contributed by atoms with E-state index in [-0.39, 0.29) is 41.5 Å². The molecule has 10 nitrogen and oxygen atoms in total. The molecule has 4 heterocycles. The molecule has 4 aromatic rings. The van der Waals surface area contributed by atoms with Gasteiger partial charge in [0.25, 0.3) is 0 Å². The largest absolute Gasteiger partial charge is 0.484 e. The molecule has 1 saturated heterocycles. The molecule has 3 atom stereocenters. The highest BCUT2D eigenvalue weighted by Crippen LogP contribution is 2.40. The van der Waals surface area contributed by atoms with Gasteiger partial charge in [0.2, 0.25) is 0 Å². The third-order valence-electron chi connectivity index (χ3n) is 8.77. The fourth-order valence-corrected chi connectivity index (χ4v) is 6.14. The number of urea groups is 1. The highest BCUT2D eigenvalue weighted by molar-refractivity contribution is 5.88. The summed E-state index contributed by atoms with van der Waals surface area (Å²) >= 11 is 0. The van der Waals surface area contributed by atoms with E-state index in [1.165, 1.54) is 0 Å². The molecule has 2 amide bonds. The topological polar surface area (TPSA) is 102 Å². The minimum absolute atomic E-state index is 0.